The summed E-state index contributed by atoms with van der Waals surface area (Å²) in [5.41, 5.74) is 0.489. The highest BCUT2D eigenvalue weighted by molar-refractivity contribution is 5.16. The lowest BCUT2D eigenvalue weighted by molar-refractivity contribution is 0.0115. The van der Waals surface area contributed by atoms with Crippen LogP contribution in [0.3, 0.4) is 0 Å². The molecule has 1 heterocycles. The molecule has 1 aromatic carbocycles. The van der Waals surface area contributed by atoms with Crippen LogP contribution < -0.4 is 0 Å². The van der Waals surface area contributed by atoms with E-state index in [4.69, 9.17) is 4.74 Å². The van der Waals surface area contributed by atoms with E-state index in [1.54, 1.807) is 18.2 Å². The van der Waals surface area contributed by atoms with Crippen LogP contribution in [0, 0.1) is 12.7 Å². The second kappa shape index (κ2) is 8.14. The van der Waals surface area contributed by atoms with Crippen molar-refractivity contribution in [1.82, 2.24) is 19.7 Å². The third-order valence-electron chi connectivity index (χ3n) is 3.64. The molecule has 0 aliphatic rings. The number of hydrogen-bond acceptors (Lipinski definition) is 5. The highest BCUT2D eigenvalue weighted by Crippen LogP contribution is 2.08. The first kappa shape index (κ1) is 17.5. The van der Waals surface area contributed by atoms with Crippen molar-refractivity contribution in [2.45, 2.75) is 26.2 Å². The van der Waals surface area contributed by atoms with Crippen molar-refractivity contribution in [3.05, 3.63) is 47.3 Å². The number of aliphatic hydroxyl groups is 1. The van der Waals surface area contributed by atoms with Crippen molar-refractivity contribution >= 4 is 0 Å². The maximum atomic E-state index is 13.4. The second-order valence-electron chi connectivity index (χ2n) is 5.68. The molecule has 0 amide bonds. The van der Waals surface area contributed by atoms with Gasteiger partial charge >= 0.3 is 0 Å². The molecule has 1 N–H and O–H groups in total. The first-order chi connectivity index (χ1) is 11.0. The van der Waals surface area contributed by atoms with Crippen LogP contribution in [-0.2, 0) is 24.9 Å². The molecule has 0 saturated carbocycles. The van der Waals surface area contributed by atoms with Gasteiger partial charge in [0.25, 0.3) is 0 Å². The van der Waals surface area contributed by atoms with E-state index in [9.17, 15) is 9.50 Å². The summed E-state index contributed by atoms with van der Waals surface area (Å²) in [6.07, 6.45) is -0.652. The molecular formula is C16H23FN4O2. The summed E-state index contributed by atoms with van der Waals surface area (Å²) in [6, 6.07) is 6.46. The Morgan fingerprint density at radius 1 is 1.35 bits per heavy atom. The first-order valence-corrected chi connectivity index (χ1v) is 7.50. The van der Waals surface area contributed by atoms with Crippen molar-refractivity contribution in [1.29, 1.82) is 0 Å². The Morgan fingerprint density at radius 3 is 2.74 bits per heavy atom. The Kier molecular flexibility index (Phi) is 6.20. The quantitative estimate of drug-likeness (QED) is 0.793. The lowest BCUT2D eigenvalue weighted by Crippen LogP contribution is -2.32. The predicted octanol–water partition coefficient (Wildman–Crippen LogP) is 1.27. The molecule has 1 unspecified atom stereocenters. The minimum absolute atomic E-state index is 0.149. The van der Waals surface area contributed by atoms with Gasteiger partial charge in [-0.15, -0.1) is 10.2 Å². The fourth-order valence-corrected chi connectivity index (χ4v) is 2.23. The average molecular weight is 322 g/mol. The van der Waals surface area contributed by atoms with Gasteiger partial charge in [0.05, 0.1) is 25.9 Å². The van der Waals surface area contributed by atoms with Gasteiger partial charge in [0.15, 0.2) is 0 Å². The van der Waals surface area contributed by atoms with Crippen LogP contribution in [0.5, 0.6) is 0 Å². The molecule has 6 nitrogen and oxygen atoms in total. The Hall–Kier alpha value is -1.83. The van der Waals surface area contributed by atoms with Gasteiger partial charge in [-0.3, -0.25) is 4.90 Å². The highest BCUT2D eigenvalue weighted by atomic mass is 19.1. The number of rotatable bonds is 8. The largest absolute Gasteiger partial charge is 0.389 e. The Bertz CT molecular complexity index is 632. The lowest BCUT2D eigenvalue weighted by atomic mass is 10.2. The van der Waals surface area contributed by atoms with E-state index >= 15 is 0 Å². The van der Waals surface area contributed by atoms with Crippen LogP contribution in [0.2, 0.25) is 0 Å². The molecule has 0 spiro atoms. The van der Waals surface area contributed by atoms with Crippen LogP contribution in [0.1, 0.15) is 17.2 Å². The number of halogens is 1. The van der Waals surface area contributed by atoms with Gasteiger partial charge in [-0.1, -0.05) is 18.2 Å². The van der Waals surface area contributed by atoms with Gasteiger partial charge in [0.2, 0.25) is 0 Å². The number of aryl methyl sites for hydroxylation is 1. The summed E-state index contributed by atoms with van der Waals surface area (Å²) in [5.74, 6) is 1.39. The van der Waals surface area contributed by atoms with E-state index in [1.807, 2.05) is 30.5 Å². The topological polar surface area (TPSA) is 63.4 Å². The summed E-state index contributed by atoms with van der Waals surface area (Å²) in [5, 5.41) is 18.1. The van der Waals surface area contributed by atoms with Crippen LogP contribution in [0.25, 0.3) is 0 Å². The van der Waals surface area contributed by atoms with Gasteiger partial charge in [-0.2, -0.15) is 0 Å². The van der Waals surface area contributed by atoms with Crippen molar-refractivity contribution in [3.63, 3.8) is 0 Å². The molecule has 0 aliphatic heterocycles. The molecule has 23 heavy (non-hydrogen) atoms. The number of likely N-dealkylation sites (N-methyl/N-ethyl adjacent to an activating group) is 1. The Balaban J connectivity index is 1.73. The normalized spacial score (nSPS) is 12.8. The molecular weight excluding hydrogens is 299 g/mol. The zero-order valence-corrected chi connectivity index (χ0v) is 13.7. The molecule has 0 radical (unpaired) electrons. The van der Waals surface area contributed by atoms with Crippen LogP contribution in [0.15, 0.2) is 24.3 Å². The van der Waals surface area contributed by atoms with Crippen molar-refractivity contribution in [2.75, 3.05) is 20.2 Å². The van der Waals surface area contributed by atoms with Crippen molar-refractivity contribution in [2.24, 2.45) is 7.05 Å². The number of aliphatic hydroxyl groups excluding tert-OH is 1. The fourth-order valence-electron chi connectivity index (χ4n) is 2.23. The van der Waals surface area contributed by atoms with Crippen LogP contribution in [-0.4, -0.2) is 51.1 Å². The maximum Gasteiger partial charge on any atom is 0.146 e. The van der Waals surface area contributed by atoms with Crippen molar-refractivity contribution < 1.29 is 14.2 Å². The standard InChI is InChI=1S/C16H23FN4O2/c1-12-18-19-16(21(12)3)9-20(2)8-14(22)11-23-10-13-6-4-5-7-15(13)17/h4-7,14,22H,8-11H2,1-3H3. The van der Waals surface area contributed by atoms with Gasteiger partial charge in [0, 0.05) is 19.2 Å². The third-order valence-corrected chi connectivity index (χ3v) is 3.64. The molecule has 1 aromatic heterocycles. The van der Waals surface area contributed by atoms with Gasteiger partial charge in [-0.05, 0) is 20.0 Å². The maximum absolute atomic E-state index is 13.4. The average Bonchev–Trinajstić information content (AvgIpc) is 2.81. The molecule has 1 atom stereocenters. The minimum Gasteiger partial charge on any atom is -0.389 e. The number of hydrogen-bond donors (Lipinski definition) is 1. The summed E-state index contributed by atoms with van der Waals surface area (Å²) in [7, 11) is 3.80. The molecule has 2 aromatic rings. The van der Waals surface area contributed by atoms with E-state index in [1.165, 1.54) is 6.07 Å². The monoisotopic (exact) mass is 322 g/mol. The zero-order chi connectivity index (χ0) is 16.8. The highest BCUT2D eigenvalue weighted by Gasteiger charge is 2.13. The summed E-state index contributed by atoms with van der Waals surface area (Å²) >= 11 is 0. The molecule has 0 saturated heterocycles. The lowest BCUT2D eigenvalue weighted by Gasteiger charge is -2.20. The number of benzene rings is 1. The Morgan fingerprint density at radius 2 is 2.09 bits per heavy atom. The smallest absolute Gasteiger partial charge is 0.146 e. The number of ether oxygens (including phenoxy) is 1. The molecule has 2 rings (SSSR count). The van der Waals surface area contributed by atoms with E-state index in [0.29, 0.717) is 18.7 Å². The van der Waals surface area contributed by atoms with E-state index in [2.05, 4.69) is 10.2 Å². The zero-order valence-electron chi connectivity index (χ0n) is 13.7. The second-order valence-corrected chi connectivity index (χ2v) is 5.68. The molecule has 0 aliphatic carbocycles. The van der Waals surface area contributed by atoms with Crippen LogP contribution in [0.4, 0.5) is 4.39 Å². The van der Waals surface area contributed by atoms with Crippen molar-refractivity contribution in [3.8, 4) is 0 Å². The molecule has 126 valence electrons. The van der Waals surface area contributed by atoms with Gasteiger partial charge < -0.3 is 14.4 Å². The molecule has 0 fully saturated rings. The predicted molar refractivity (Wildman–Crippen MR) is 84.1 cm³/mol. The summed E-state index contributed by atoms with van der Waals surface area (Å²) < 4.78 is 20.7. The van der Waals surface area contributed by atoms with E-state index in [0.717, 1.165) is 11.6 Å². The number of nitrogens with zero attached hydrogens (tertiary/aromatic N) is 4. The SMILES string of the molecule is Cc1nnc(CN(C)CC(O)COCc2ccccc2F)n1C. The van der Waals surface area contributed by atoms with Crippen LogP contribution >= 0.6 is 0 Å². The summed E-state index contributed by atoms with van der Waals surface area (Å²) in [6.45, 7) is 3.21. The third kappa shape index (κ3) is 5.09. The molecule has 7 heteroatoms. The summed E-state index contributed by atoms with van der Waals surface area (Å²) in [4.78, 5) is 1.95. The first-order valence-electron chi connectivity index (χ1n) is 7.50. The molecule has 0 bridgehead atoms. The van der Waals surface area contributed by atoms with Gasteiger partial charge in [0.1, 0.15) is 17.5 Å². The van der Waals surface area contributed by atoms with E-state index in [-0.39, 0.29) is 19.0 Å². The minimum atomic E-state index is -0.652. The number of aromatic nitrogens is 3. The van der Waals surface area contributed by atoms with Gasteiger partial charge in [-0.25, -0.2) is 4.39 Å². The van der Waals surface area contributed by atoms with E-state index < -0.39 is 6.10 Å². The Labute approximate surface area is 135 Å². The fraction of sp³-hybridized carbons (Fsp3) is 0.500.